The topological polar surface area (TPSA) is 154 Å². The molecule has 10 heteroatoms. The van der Waals surface area contributed by atoms with Crippen molar-refractivity contribution in [3.05, 3.63) is 0 Å². The Labute approximate surface area is 118 Å². The van der Waals surface area contributed by atoms with E-state index in [1.807, 2.05) is 0 Å². The molecule has 2 atom stereocenters. The second-order valence-corrected chi connectivity index (χ2v) is 3.81. The quantitative estimate of drug-likeness (QED) is 0.439. The first-order valence-corrected chi connectivity index (χ1v) is 5.53. The molecule has 0 aromatic heterocycles. The average molecular weight is 306 g/mol. The molecule has 0 amide bonds. The first kappa shape index (κ1) is 18.4. The van der Waals surface area contributed by atoms with Gasteiger partial charge in [-0.15, -0.1) is 0 Å². The van der Waals surface area contributed by atoms with Gasteiger partial charge in [0, 0.05) is 20.8 Å². The van der Waals surface area contributed by atoms with Crippen LogP contribution in [0.4, 0.5) is 0 Å². The normalized spacial score (nSPS) is 13.0. The van der Waals surface area contributed by atoms with Crippen molar-refractivity contribution in [3.63, 3.8) is 0 Å². The summed E-state index contributed by atoms with van der Waals surface area (Å²) >= 11 is 0. The number of carboxylic acid groups (broad SMARTS) is 2. The number of carbonyl (C=O) groups is 5. The van der Waals surface area contributed by atoms with Crippen LogP contribution in [0.5, 0.6) is 0 Å². The molecule has 2 N–H and O–H groups in total. The van der Waals surface area contributed by atoms with E-state index in [9.17, 15) is 24.0 Å². The van der Waals surface area contributed by atoms with Gasteiger partial charge < -0.3 is 24.4 Å². The molecule has 0 rings (SSSR count). The maximum absolute atomic E-state index is 11.1. The highest BCUT2D eigenvalue weighted by molar-refractivity contribution is 5.83. The summed E-state index contributed by atoms with van der Waals surface area (Å²) < 4.78 is 13.4. The van der Waals surface area contributed by atoms with Crippen molar-refractivity contribution in [1.29, 1.82) is 0 Å². The number of aliphatic carboxylic acids is 2. The first-order valence-electron chi connectivity index (χ1n) is 5.53. The number of ether oxygens (including phenoxy) is 3. The number of hydrogen-bond acceptors (Lipinski definition) is 8. The van der Waals surface area contributed by atoms with Crippen molar-refractivity contribution in [2.24, 2.45) is 0 Å². The maximum Gasteiger partial charge on any atom is 0.349 e. The van der Waals surface area contributed by atoms with Gasteiger partial charge in [0.1, 0.15) is 0 Å². The molecule has 0 aliphatic carbocycles. The van der Waals surface area contributed by atoms with Gasteiger partial charge >= 0.3 is 29.8 Å². The zero-order valence-electron chi connectivity index (χ0n) is 11.4. The Hall–Kier alpha value is -2.65. The van der Waals surface area contributed by atoms with Gasteiger partial charge in [-0.1, -0.05) is 0 Å². The van der Waals surface area contributed by atoms with Gasteiger partial charge in [0.05, 0.1) is 0 Å². The molecule has 0 aliphatic rings. The van der Waals surface area contributed by atoms with Crippen LogP contribution in [0, 0.1) is 0 Å². The van der Waals surface area contributed by atoms with E-state index in [4.69, 9.17) is 10.2 Å². The molecule has 0 fully saturated rings. The number of hydrogen-bond donors (Lipinski definition) is 2. The summed E-state index contributed by atoms with van der Waals surface area (Å²) in [6.45, 7) is 2.64. The van der Waals surface area contributed by atoms with E-state index in [1.54, 1.807) is 0 Å². The molecule has 0 aromatic carbocycles. The predicted molar refractivity (Wildman–Crippen MR) is 61.9 cm³/mol. The fourth-order valence-corrected chi connectivity index (χ4v) is 1.35. The number of esters is 3. The zero-order valence-corrected chi connectivity index (χ0v) is 11.4. The van der Waals surface area contributed by atoms with E-state index in [1.165, 1.54) is 0 Å². The van der Waals surface area contributed by atoms with Crippen molar-refractivity contribution in [3.8, 4) is 0 Å². The van der Waals surface area contributed by atoms with Gasteiger partial charge in [0.25, 0.3) is 0 Å². The molecule has 0 unspecified atom stereocenters. The van der Waals surface area contributed by atoms with Gasteiger partial charge in [-0.2, -0.15) is 0 Å². The van der Waals surface area contributed by atoms with Crippen LogP contribution in [0.25, 0.3) is 0 Å². The maximum atomic E-state index is 11.1. The minimum Gasteiger partial charge on any atom is -0.478 e. The molecule has 0 radical (unpaired) electrons. The molecular formula is C11H14O10. The molecule has 0 spiro atoms. The van der Waals surface area contributed by atoms with Crippen molar-refractivity contribution in [2.45, 2.75) is 39.1 Å². The second kappa shape index (κ2) is 7.82. The van der Waals surface area contributed by atoms with Gasteiger partial charge in [-0.3, -0.25) is 14.4 Å². The van der Waals surface area contributed by atoms with Gasteiger partial charge in [-0.25, -0.2) is 9.59 Å². The second-order valence-electron chi connectivity index (χ2n) is 3.81. The van der Waals surface area contributed by atoms with E-state index in [0.717, 1.165) is 20.8 Å². The van der Waals surface area contributed by atoms with Gasteiger partial charge in [0.2, 0.25) is 12.2 Å². The minimum atomic E-state index is -2.15. The SMILES string of the molecule is CC(=O)OC([C@H](OC(C)=O)C(=O)O)[C@H](OC(C)=O)C(=O)O. The van der Waals surface area contributed by atoms with Crippen LogP contribution >= 0.6 is 0 Å². The summed E-state index contributed by atoms with van der Waals surface area (Å²) in [5.74, 6) is -6.68. The summed E-state index contributed by atoms with van der Waals surface area (Å²) in [6.07, 6.45) is -6.33. The van der Waals surface area contributed by atoms with Crippen molar-refractivity contribution < 1.29 is 48.4 Å². The largest absolute Gasteiger partial charge is 0.478 e. The summed E-state index contributed by atoms with van der Waals surface area (Å²) in [7, 11) is 0. The molecule has 0 heterocycles. The summed E-state index contributed by atoms with van der Waals surface area (Å²) in [5.41, 5.74) is 0. The van der Waals surface area contributed by atoms with Crippen LogP contribution in [-0.4, -0.2) is 58.4 Å². The summed E-state index contributed by atoms with van der Waals surface area (Å²) in [4.78, 5) is 54.9. The van der Waals surface area contributed by atoms with Crippen molar-refractivity contribution >= 4 is 29.8 Å². The number of rotatable bonds is 7. The van der Waals surface area contributed by atoms with Crippen LogP contribution in [0.15, 0.2) is 0 Å². The molecule has 0 saturated heterocycles. The summed E-state index contributed by atoms with van der Waals surface area (Å²) in [6, 6.07) is 0. The number of carboxylic acids is 2. The van der Waals surface area contributed by atoms with Crippen LogP contribution in [-0.2, 0) is 38.2 Å². The minimum absolute atomic E-state index is 0.877. The van der Waals surface area contributed by atoms with E-state index < -0.39 is 48.2 Å². The molecule has 0 aliphatic heterocycles. The molecule has 10 nitrogen and oxygen atoms in total. The predicted octanol–water partition coefficient (Wildman–Crippen LogP) is -1.05. The van der Waals surface area contributed by atoms with Crippen LogP contribution in [0.3, 0.4) is 0 Å². The van der Waals surface area contributed by atoms with E-state index in [-0.39, 0.29) is 0 Å². The van der Waals surface area contributed by atoms with Crippen molar-refractivity contribution in [2.75, 3.05) is 0 Å². The lowest BCUT2D eigenvalue weighted by atomic mass is 10.1. The fraction of sp³-hybridized carbons (Fsp3) is 0.545. The van der Waals surface area contributed by atoms with E-state index in [2.05, 4.69) is 14.2 Å². The Morgan fingerprint density at radius 1 is 0.667 bits per heavy atom. The molecule has 118 valence electrons. The molecule has 0 bridgehead atoms. The Bertz CT molecular complexity index is 420. The van der Waals surface area contributed by atoms with Crippen LogP contribution in [0.2, 0.25) is 0 Å². The third-order valence-corrected chi connectivity index (χ3v) is 1.97. The lowest BCUT2D eigenvalue weighted by molar-refractivity contribution is -0.196. The third kappa shape index (κ3) is 6.36. The summed E-state index contributed by atoms with van der Waals surface area (Å²) in [5, 5.41) is 17.9. The van der Waals surface area contributed by atoms with E-state index >= 15 is 0 Å². The standard InChI is InChI=1S/C11H14O10/c1-4(12)19-7(8(10(15)16)20-5(2)13)9(11(17)18)21-6(3)14/h7-9H,1-3H3,(H,15,16)(H,17,18)/t8-,9-/m0/s1. The highest BCUT2D eigenvalue weighted by Crippen LogP contribution is 2.15. The Morgan fingerprint density at radius 2 is 0.952 bits per heavy atom. The Kier molecular flexibility index (Phi) is 6.84. The number of carbonyl (C=O) groups excluding carboxylic acids is 3. The monoisotopic (exact) mass is 306 g/mol. The van der Waals surface area contributed by atoms with Gasteiger partial charge in [0.15, 0.2) is 6.10 Å². The average Bonchev–Trinajstić information content (AvgIpc) is 2.29. The Morgan fingerprint density at radius 3 is 1.14 bits per heavy atom. The highest BCUT2D eigenvalue weighted by Gasteiger charge is 2.45. The van der Waals surface area contributed by atoms with E-state index in [0.29, 0.717) is 0 Å². The lowest BCUT2D eigenvalue weighted by Gasteiger charge is -2.27. The Balaban J connectivity index is 5.60. The van der Waals surface area contributed by atoms with Gasteiger partial charge in [-0.05, 0) is 0 Å². The van der Waals surface area contributed by atoms with Crippen LogP contribution in [0.1, 0.15) is 20.8 Å². The van der Waals surface area contributed by atoms with Crippen molar-refractivity contribution in [1.82, 2.24) is 0 Å². The molecule has 0 saturated carbocycles. The highest BCUT2D eigenvalue weighted by atomic mass is 16.6. The smallest absolute Gasteiger partial charge is 0.349 e. The first-order chi connectivity index (χ1) is 9.56. The zero-order chi connectivity index (χ0) is 16.7. The molecule has 21 heavy (non-hydrogen) atoms. The fourth-order valence-electron chi connectivity index (χ4n) is 1.35. The lowest BCUT2D eigenvalue weighted by Crippen LogP contribution is -2.51. The van der Waals surface area contributed by atoms with Crippen LogP contribution < -0.4 is 0 Å². The molecular weight excluding hydrogens is 292 g/mol. The third-order valence-electron chi connectivity index (χ3n) is 1.97. The molecule has 0 aromatic rings.